The second kappa shape index (κ2) is 18.2. The summed E-state index contributed by atoms with van der Waals surface area (Å²) in [7, 11) is 0. The molecule has 3 amide bonds. The van der Waals surface area contributed by atoms with E-state index in [-0.39, 0.29) is 30.1 Å². The number of nitrogens with two attached hydrogens (primary N) is 1. The van der Waals surface area contributed by atoms with Crippen molar-refractivity contribution >= 4 is 29.1 Å². The maximum Gasteiger partial charge on any atom is 0.224 e. The zero-order valence-corrected chi connectivity index (χ0v) is 26.6. The molecule has 0 bridgehead atoms. The molecule has 7 N–H and O–H groups in total. The van der Waals surface area contributed by atoms with Gasteiger partial charge < -0.3 is 32.1 Å². The van der Waals surface area contributed by atoms with E-state index in [0.29, 0.717) is 51.7 Å². The van der Waals surface area contributed by atoms with Crippen LogP contribution < -0.4 is 27.0 Å². The van der Waals surface area contributed by atoms with E-state index in [2.05, 4.69) is 65.5 Å². The summed E-state index contributed by atoms with van der Waals surface area (Å²) >= 11 is 0. The highest BCUT2D eigenvalue weighted by Gasteiger charge is 2.29. The first-order valence-electron chi connectivity index (χ1n) is 16.1. The molecule has 1 aliphatic carbocycles. The van der Waals surface area contributed by atoms with Crippen LogP contribution >= 0.6 is 0 Å². The summed E-state index contributed by atoms with van der Waals surface area (Å²) in [6.45, 7) is 8.00. The minimum atomic E-state index is -0.766. The topological polar surface area (TPSA) is 146 Å². The highest BCUT2D eigenvalue weighted by Crippen LogP contribution is 2.48. The maximum absolute atomic E-state index is 12.7. The quantitative estimate of drug-likeness (QED) is 0.0704. The van der Waals surface area contributed by atoms with Crippen LogP contribution in [0.4, 0.5) is 11.4 Å². The first-order chi connectivity index (χ1) is 21.2. The SMILES string of the molecule is CCCNC(=O)CCCC(=O)Nc1ccc2c(c1)C(CCC=C(C)C)c1cc(NC(O)CCCC(=O)NCCCN)ccc1-2. The molecule has 2 aromatic rings. The number of anilines is 2. The summed E-state index contributed by atoms with van der Waals surface area (Å²) in [6.07, 6.45) is 7.50. The summed E-state index contributed by atoms with van der Waals surface area (Å²) in [5.41, 5.74) is 13.0. The smallest absolute Gasteiger partial charge is 0.224 e. The van der Waals surface area contributed by atoms with E-state index in [1.807, 2.05) is 19.1 Å². The van der Waals surface area contributed by atoms with Gasteiger partial charge in [-0.2, -0.15) is 0 Å². The summed E-state index contributed by atoms with van der Waals surface area (Å²) in [5, 5.41) is 22.6. The van der Waals surface area contributed by atoms with Crippen LogP contribution in [0.3, 0.4) is 0 Å². The van der Waals surface area contributed by atoms with Crippen molar-refractivity contribution in [3.05, 3.63) is 59.2 Å². The predicted octanol–water partition coefficient (Wildman–Crippen LogP) is 5.55. The highest BCUT2D eigenvalue weighted by atomic mass is 16.3. The number of amides is 3. The molecule has 1 aliphatic rings. The summed E-state index contributed by atoms with van der Waals surface area (Å²) < 4.78 is 0. The fourth-order valence-corrected chi connectivity index (χ4v) is 5.50. The Balaban J connectivity index is 1.66. The summed E-state index contributed by atoms with van der Waals surface area (Å²) in [5.74, 6) is 0.00619. The van der Waals surface area contributed by atoms with Crippen LogP contribution in [0, 0.1) is 0 Å². The lowest BCUT2D eigenvalue weighted by molar-refractivity contribution is -0.122. The third-order valence-corrected chi connectivity index (χ3v) is 7.73. The average Bonchev–Trinajstić information content (AvgIpc) is 3.28. The van der Waals surface area contributed by atoms with Crippen LogP contribution in [0.2, 0.25) is 0 Å². The van der Waals surface area contributed by atoms with Crippen molar-refractivity contribution < 1.29 is 19.5 Å². The number of fused-ring (bicyclic) bond motifs is 3. The molecule has 0 radical (unpaired) electrons. The number of carbonyl (C=O) groups is 3. The molecular formula is C35H51N5O4. The monoisotopic (exact) mass is 605 g/mol. The third kappa shape index (κ3) is 11.1. The fraction of sp³-hybridized carbons (Fsp3) is 0.514. The number of aliphatic hydroxyl groups excluding tert-OH is 1. The van der Waals surface area contributed by atoms with Gasteiger partial charge in [0.25, 0.3) is 0 Å². The number of benzene rings is 2. The number of rotatable bonds is 19. The van der Waals surface area contributed by atoms with Crippen LogP contribution in [0.5, 0.6) is 0 Å². The van der Waals surface area contributed by atoms with Gasteiger partial charge in [-0.25, -0.2) is 0 Å². The largest absolute Gasteiger partial charge is 0.374 e. The van der Waals surface area contributed by atoms with E-state index in [9.17, 15) is 19.5 Å². The molecule has 0 spiro atoms. The zero-order valence-electron chi connectivity index (χ0n) is 26.6. The van der Waals surface area contributed by atoms with E-state index >= 15 is 0 Å². The minimum absolute atomic E-state index is 0.0167. The Kier molecular flexibility index (Phi) is 14.4. The molecule has 2 atom stereocenters. The van der Waals surface area contributed by atoms with E-state index in [4.69, 9.17) is 5.73 Å². The van der Waals surface area contributed by atoms with Crippen molar-refractivity contribution in [3.8, 4) is 11.1 Å². The summed E-state index contributed by atoms with van der Waals surface area (Å²) in [6, 6.07) is 12.3. The van der Waals surface area contributed by atoms with Gasteiger partial charge in [0.1, 0.15) is 6.23 Å². The minimum Gasteiger partial charge on any atom is -0.374 e. The molecule has 0 saturated heterocycles. The molecule has 240 valence electrons. The molecule has 2 aromatic carbocycles. The fourth-order valence-electron chi connectivity index (χ4n) is 5.50. The van der Waals surface area contributed by atoms with Crippen LogP contribution in [0.1, 0.15) is 102 Å². The molecule has 9 heteroatoms. The van der Waals surface area contributed by atoms with Crippen molar-refractivity contribution in [1.82, 2.24) is 10.6 Å². The molecule has 44 heavy (non-hydrogen) atoms. The molecule has 0 aliphatic heterocycles. The highest BCUT2D eigenvalue weighted by molar-refractivity contribution is 5.92. The van der Waals surface area contributed by atoms with Gasteiger partial charge in [0.05, 0.1) is 0 Å². The third-order valence-electron chi connectivity index (χ3n) is 7.73. The van der Waals surface area contributed by atoms with Crippen molar-refractivity contribution in [2.75, 3.05) is 30.3 Å². The van der Waals surface area contributed by atoms with Crippen LogP contribution in [0.25, 0.3) is 11.1 Å². The Morgan fingerprint density at radius 1 is 0.864 bits per heavy atom. The summed E-state index contributed by atoms with van der Waals surface area (Å²) in [4.78, 5) is 36.5. The molecule has 0 saturated carbocycles. The lowest BCUT2D eigenvalue weighted by Gasteiger charge is -2.17. The van der Waals surface area contributed by atoms with Gasteiger partial charge in [0, 0.05) is 49.6 Å². The molecule has 9 nitrogen and oxygen atoms in total. The Morgan fingerprint density at radius 2 is 1.48 bits per heavy atom. The number of hydrogen-bond acceptors (Lipinski definition) is 6. The molecule has 3 rings (SSSR count). The molecule has 0 heterocycles. The van der Waals surface area contributed by atoms with Gasteiger partial charge in [-0.3, -0.25) is 14.4 Å². The number of aliphatic hydroxyl groups is 1. The van der Waals surface area contributed by atoms with Gasteiger partial charge >= 0.3 is 0 Å². The second-order valence-corrected chi connectivity index (χ2v) is 11.8. The molecule has 2 unspecified atom stereocenters. The van der Waals surface area contributed by atoms with Crippen molar-refractivity contribution in [2.24, 2.45) is 5.73 Å². The first-order valence-corrected chi connectivity index (χ1v) is 16.1. The van der Waals surface area contributed by atoms with Gasteiger partial charge in [0.15, 0.2) is 0 Å². The molecule has 0 fully saturated rings. The van der Waals surface area contributed by atoms with Crippen LogP contribution in [-0.2, 0) is 14.4 Å². The van der Waals surface area contributed by atoms with Gasteiger partial charge in [-0.05, 0) is 112 Å². The van der Waals surface area contributed by atoms with E-state index < -0.39 is 6.23 Å². The Labute approximate surface area is 262 Å². The van der Waals surface area contributed by atoms with E-state index in [0.717, 1.165) is 48.2 Å². The first kappa shape index (κ1) is 34.8. The van der Waals surface area contributed by atoms with Gasteiger partial charge in [-0.1, -0.05) is 30.7 Å². The van der Waals surface area contributed by atoms with Crippen molar-refractivity contribution in [1.29, 1.82) is 0 Å². The van der Waals surface area contributed by atoms with Crippen LogP contribution in [-0.4, -0.2) is 48.7 Å². The van der Waals surface area contributed by atoms with E-state index in [1.54, 1.807) is 0 Å². The normalized spacial score (nSPS) is 13.8. The Hall–Kier alpha value is -3.69. The number of hydrogen-bond donors (Lipinski definition) is 6. The lowest BCUT2D eigenvalue weighted by atomic mass is 9.91. The second-order valence-electron chi connectivity index (χ2n) is 11.8. The number of carbonyl (C=O) groups excluding carboxylic acids is 3. The number of nitrogens with one attached hydrogen (secondary N) is 4. The predicted molar refractivity (Wildman–Crippen MR) is 178 cm³/mol. The van der Waals surface area contributed by atoms with E-state index in [1.165, 1.54) is 16.7 Å². The van der Waals surface area contributed by atoms with Crippen LogP contribution in [0.15, 0.2) is 48.0 Å². The Morgan fingerprint density at radius 3 is 2.14 bits per heavy atom. The van der Waals surface area contributed by atoms with Gasteiger partial charge in [0.2, 0.25) is 17.7 Å². The lowest BCUT2D eigenvalue weighted by Crippen LogP contribution is -2.26. The van der Waals surface area contributed by atoms with Crippen molar-refractivity contribution in [2.45, 2.75) is 97.1 Å². The zero-order chi connectivity index (χ0) is 31.9. The standard InChI is InChI=1S/C35H51N5O4/c1-4-20-37-32(41)11-6-13-34(43)39-25-15-17-28-29-18-16-26(40-35(44)14-7-12-33(42)38-21-8-19-36)23-31(29)27(30(28)22-25)10-5-9-24(2)3/h9,15-18,22-23,27,35,40,44H,4-8,10-14,19-21,36H2,1-3H3,(H,37,41)(H,38,42)(H,39,43). The molecule has 0 aromatic heterocycles. The number of allylic oxidation sites excluding steroid dienone is 2. The molecular weight excluding hydrogens is 554 g/mol. The Bertz CT molecular complexity index is 1290. The average molecular weight is 606 g/mol. The van der Waals surface area contributed by atoms with Gasteiger partial charge in [-0.15, -0.1) is 0 Å². The van der Waals surface area contributed by atoms with Crippen molar-refractivity contribution in [3.63, 3.8) is 0 Å². The maximum atomic E-state index is 12.7.